The average Bonchev–Trinajstić information content (AvgIpc) is 3.06. The van der Waals surface area contributed by atoms with Crippen LogP contribution in [0.2, 0.25) is 0 Å². The zero-order chi connectivity index (χ0) is 33.0. The maximum atomic E-state index is 12.2. The van der Waals surface area contributed by atoms with Crippen molar-refractivity contribution in [1.29, 1.82) is 0 Å². The summed E-state index contributed by atoms with van der Waals surface area (Å²) in [5.74, 6) is 0.286. The summed E-state index contributed by atoms with van der Waals surface area (Å²) in [7, 11) is 0. The second-order valence-electron chi connectivity index (χ2n) is 14.1. The molecule has 0 spiro atoms. The second-order valence-corrected chi connectivity index (χ2v) is 14.1. The van der Waals surface area contributed by atoms with E-state index in [1.165, 1.54) is 39.3 Å². The first-order valence-corrected chi connectivity index (χ1v) is 16.6. The average molecular weight is 796 g/mol. The van der Waals surface area contributed by atoms with E-state index in [1.54, 1.807) is 0 Å². The first kappa shape index (κ1) is 37.3. The van der Waals surface area contributed by atoms with E-state index in [2.05, 4.69) is 74.3 Å². The Labute approximate surface area is 290 Å². The van der Waals surface area contributed by atoms with Crippen molar-refractivity contribution in [1.82, 2.24) is 9.97 Å². The molecule has 1 radical (unpaired) electrons. The van der Waals surface area contributed by atoms with Gasteiger partial charge in [-0.3, -0.25) is 14.8 Å². The van der Waals surface area contributed by atoms with E-state index in [0.717, 1.165) is 55.2 Å². The summed E-state index contributed by atoms with van der Waals surface area (Å²) in [6.45, 7) is 18.9. The van der Waals surface area contributed by atoms with Crippen molar-refractivity contribution in [3.8, 4) is 22.4 Å². The van der Waals surface area contributed by atoms with Gasteiger partial charge in [0.1, 0.15) is 5.76 Å². The van der Waals surface area contributed by atoms with Crippen molar-refractivity contribution < 1.29 is 30.0 Å². The van der Waals surface area contributed by atoms with Crippen LogP contribution in [0.3, 0.4) is 0 Å². The van der Waals surface area contributed by atoms with E-state index in [9.17, 15) is 9.90 Å². The number of ketones is 1. The number of nitrogens with zero attached hydrogens (tertiary/aromatic N) is 2. The van der Waals surface area contributed by atoms with Crippen LogP contribution in [0, 0.1) is 16.9 Å². The molecule has 0 unspecified atom stereocenters. The van der Waals surface area contributed by atoms with Crippen LogP contribution in [0.1, 0.15) is 105 Å². The SMILES string of the molecule is CC(C)(C)c1cc(-c2cc3c(cn2)CCc2ccncc2-3)[c-]c2ccccc12.CCC(C)(CC)C(=O)/C=C(\O)C(C)(CC)CC.[Ir]. The molecule has 2 aromatic carbocycles. The van der Waals surface area contributed by atoms with Crippen LogP contribution in [0.25, 0.3) is 33.2 Å². The summed E-state index contributed by atoms with van der Waals surface area (Å²) in [6, 6.07) is 18.8. The van der Waals surface area contributed by atoms with E-state index >= 15 is 0 Å². The third-order valence-electron chi connectivity index (χ3n) is 10.3. The number of allylic oxidation sites excluding steroid dienone is 2. The van der Waals surface area contributed by atoms with Crippen molar-refractivity contribution in [2.45, 2.75) is 106 Å². The normalized spacial score (nSPS) is 13.2. The zero-order valence-corrected chi connectivity index (χ0v) is 31.6. The number of fused-ring (bicyclic) bond motifs is 4. The summed E-state index contributed by atoms with van der Waals surface area (Å²) >= 11 is 0. The van der Waals surface area contributed by atoms with Gasteiger partial charge in [-0.2, -0.15) is 0 Å². The molecule has 2 heterocycles. The smallest absolute Gasteiger partial charge is 0.164 e. The minimum atomic E-state index is -0.337. The molecule has 4 aromatic rings. The Morgan fingerprint density at radius 3 is 2.11 bits per heavy atom. The molecule has 5 rings (SSSR count). The molecule has 0 fully saturated rings. The summed E-state index contributed by atoms with van der Waals surface area (Å²) < 4.78 is 0. The molecule has 1 aliphatic rings. The van der Waals surface area contributed by atoms with Crippen LogP contribution in [0.15, 0.2) is 72.9 Å². The fraction of sp³-hybridized carbons (Fsp3) is 0.439. The number of pyridine rings is 2. The molecule has 1 aliphatic carbocycles. The maximum Gasteiger partial charge on any atom is 0.164 e. The largest absolute Gasteiger partial charge is 0.512 e. The number of aromatic nitrogens is 2. The third kappa shape index (κ3) is 7.86. The van der Waals surface area contributed by atoms with E-state index in [0.29, 0.717) is 0 Å². The van der Waals surface area contributed by atoms with Gasteiger partial charge in [0.25, 0.3) is 0 Å². The Kier molecular flexibility index (Phi) is 12.3. The van der Waals surface area contributed by atoms with Gasteiger partial charge in [0, 0.05) is 66.9 Å². The van der Waals surface area contributed by atoms with Gasteiger partial charge in [0.15, 0.2) is 5.78 Å². The molecular formula is C41H51IrN2O2-. The van der Waals surface area contributed by atoms with Gasteiger partial charge in [-0.05, 0) is 66.7 Å². The molecule has 247 valence electrons. The summed E-state index contributed by atoms with van der Waals surface area (Å²) in [4.78, 5) is 21.4. The Balaban J connectivity index is 0.000000280. The number of hydrogen-bond donors (Lipinski definition) is 1. The van der Waals surface area contributed by atoms with Crippen molar-refractivity contribution in [2.75, 3.05) is 0 Å². The van der Waals surface area contributed by atoms with Crippen LogP contribution >= 0.6 is 0 Å². The topological polar surface area (TPSA) is 63.1 Å². The van der Waals surface area contributed by atoms with Crippen LogP contribution in [-0.4, -0.2) is 20.9 Å². The van der Waals surface area contributed by atoms with Gasteiger partial charge < -0.3 is 5.11 Å². The molecule has 1 N–H and O–H groups in total. The Morgan fingerprint density at radius 2 is 1.48 bits per heavy atom. The molecular weight excluding hydrogens is 745 g/mol. The van der Waals surface area contributed by atoms with E-state index in [1.807, 2.05) is 60.1 Å². The van der Waals surface area contributed by atoms with Crippen molar-refractivity contribution in [3.05, 3.63) is 95.6 Å². The summed E-state index contributed by atoms with van der Waals surface area (Å²) in [6.07, 6.45) is 12.8. The molecule has 0 bridgehead atoms. The number of benzene rings is 2. The first-order chi connectivity index (χ1) is 21.3. The van der Waals surface area contributed by atoms with Gasteiger partial charge in [-0.25, -0.2) is 0 Å². The number of aliphatic hydroxyl groups excluding tert-OH is 1. The monoisotopic (exact) mass is 796 g/mol. The number of hydrogen-bond acceptors (Lipinski definition) is 4. The predicted octanol–water partition coefficient (Wildman–Crippen LogP) is 10.8. The molecule has 0 atom stereocenters. The molecule has 46 heavy (non-hydrogen) atoms. The first-order valence-electron chi connectivity index (χ1n) is 16.6. The summed E-state index contributed by atoms with van der Waals surface area (Å²) in [5, 5.41) is 12.5. The van der Waals surface area contributed by atoms with Crippen molar-refractivity contribution in [3.63, 3.8) is 0 Å². The summed E-state index contributed by atoms with van der Waals surface area (Å²) in [5.41, 5.74) is 8.00. The standard InChI is InChI=1S/C26H23N2.C15H28O2.Ir/c1-26(2,3)24-13-20(12-18-6-4-5-7-21(18)24)25-14-22-19(15-28-25)9-8-17-10-11-27-16-23(17)22;1-7-14(5,8-2)12(16)11-13(17)15(6,9-3)10-4;/h4-7,10-11,13-16H,8-9H2,1-3H3;11,16H,7-10H2,1-6H3;/q-1;;/b;12-11-;. The Bertz CT molecular complexity index is 1690. The van der Waals surface area contributed by atoms with Crippen LogP contribution in [0.5, 0.6) is 0 Å². The van der Waals surface area contributed by atoms with Gasteiger partial charge in [0.2, 0.25) is 0 Å². The number of carbonyl (C=O) groups is 1. The number of aryl methyl sites for hydroxylation is 2. The van der Waals surface area contributed by atoms with Crippen LogP contribution in [-0.2, 0) is 43.2 Å². The van der Waals surface area contributed by atoms with Gasteiger partial charge >= 0.3 is 0 Å². The minimum Gasteiger partial charge on any atom is -0.512 e. The van der Waals surface area contributed by atoms with Gasteiger partial charge in [-0.15, -0.1) is 29.1 Å². The number of carbonyl (C=O) groups excluding carboxylic acids is 1. The van der Waals surface area contributed by atoms with E-state index < -0.39 is 0 Å². The second kappa shape index (κ2) is 15.2. The fourth-order valence-electron chi connectivity index (χ4n) is 5.91. The molecule has 0 saturated heterocycles. The predicted molar refractivity (Wildman–Crippen MR) is 188 cm³/mol. The Hall–Kier alpha value is -3.14. The quantitative estimate of drug-likeness (QED) is 0.110. The van der Waals surface area contributed by atoms with Gasteiger partial charge in [0.05, 0.1) is 0 Å². The molecule has 0 saturated carbocycles. The number of aliphatic hydroxyl groups is 1. The third-order valence-corrected chi connectivity index (χ3v) is 10.3. The number of rotatable bonds is 8. The maximum absolute atomic E-state index is 12.2. The van der Waals surface area contributed by atoms with Crippen LogP contribution < -0.4 is 0 Å². The molecule has 4 nitrogen and oxygen atoms in total. The van der Waals surface area contributed by atoms with E-state index in [-0.39, 0.29) is 47.9 Å². The van der Waals surface area contributed by atoms with Gasteiger partial charge in [-0.1, -0.05) is 97.5 Å². The molecule has 0 aliphatic heterocycles. The fourth-order valence-corrected chi connectivity index (χ4v) is 5.91. The Morgan fingerprint density at radius 1 is 0.848 bits per heavy atom. The van der Waals surface area contributed by atoms with Crippen molar-refractivity contribution >= 4 is 16.6 Å². The molecule has 5 heteroatoms. The van der Waals surface area contributed by atoms with Crippen molar-refractivity contribution in [2.24, 2.45) is 10.8 Å². The molecule has 2 aromatic heterocycles. The minimum absolute atomic E-state index is 0. The molecule has 0 amide bonds. The van der Waals surface area contributed by atoms with E-state index in [4.69, 9.17) is 4.98 Å². The van der Waals surface area contributed by atoms with Crippen LogP contribution in [0.4, 0.5) is 0 Å². The zero-order valence-electron chi connectivity index (χ0n) is 29.2.